The number of nitrogens with zero attached hydrogens (tertiary/aromatic N) is 2. The van der Waals surface area contributed by atoms with Gasteiger partial charge in [-0.15, -0.1) is 0 Å². The number of rotatable bonds is 3. The fourth-order valence-corrected chi connectivity index (χ4v) is 1.21. The highest BCUT2D eigenvalue weighted by molar-refractivity contribution is 5.83. The van der Waals surface area contributed by atoms with Crippen LogP contribution in [-0.2, 0) is 0 Å². The topological polar surface area (TPSA) is 35.8 Å². The van der Waals surface area contributed by atoms with Crippen LogP contribution in [0, 0.1) is 0 Å². The van der Waals surface area contributed by atoms with E-state index in [1.165, 1.54) is 0 Å². The molecule has 0 aromatic carbocycles. The summed E-state index contributed by atoms with van der Waals surface area (Å²) in [5, 5.41) is 8.63. The Kier molecular flexibility index (Phi) is 2.68. The minimum atomic E-state index is 0.218. The smallest absolute Gasteiger partial charge is 0.101 e. The summed E-state index contributed by atoms with van der Waals surface area (Å²) in [4.78, 5) is 6.46. The Bertz CT molecular complexity index is 134. The van der Waals surface area contributed by atoms with E-state index in [0.29, 0.717) is 6.42 Å². The quantitative estimate of drug-likeness (QED) is 0.606. The van der Waals surface area contributed by atoms with Crippen molar-refractivity contribution in [2.75, 3.05) is 26.2 Å². The van der Waals surface area contributed by atoms with Crippen molar-refractivity contribution < 1.29 is 5.11 Å². The number of aliphatic hydroxyl groups is 1. The average molecular weight is 142 g/mol. The second kappa shape index (κ2) is 3.56. The molecule has 0 amide bonds. The Hall–Kier alpha value is -0.570. The molecule has 0 unspecified atom stereocenters. The van der Waals surface area contributed by atoms with Crippen LogP contribution >= 0.6 is 0 Å². The molecule has 0 aliphatic carbocycles. The van der Waals surface area contributed by atoms with Gasteiger partial charge in [0.15, 0.2) is 0 Å². The molecule has 0 fully saturated rings. The predicted octanol–water partition coefficient (Wildman–Crippen LogP) is 0.103. The first-order valence-corrected chi connectivity index (χ1v) is 3.77. The van der Waals surface area contributed by atoms with Gasteiger partial charge < -0.3 is 10.0 Å². The fraction of sp³-hybridized carbons (Fsp3) is 0.857. The van der Waals surface area contributed by atoms with E-state index < -0.39 is 0 Å². The van der Waals surface area contributed by atoms with Gasteiger partial charge in [0.1, 0.15) is 5.84 Å². The Morgan fingerprint density at radius 3 is 3.10 bits per heavy atom. The number of hydrogen-bond acceptors (Lipinski definition) is 3. The molecule has 0 spiro atoms. The molecule has 58 valence electrons. The van der Waals surface area contributed by atoms with Crippen molar-refractivity contribution in [1.82, 2.24) is 4.90 Å². The maximum Gasteiger partial charge on any atom is 0.101 e. The summed E-state index contributed by atoms with van der Waals surface area (Å²) in [6, 6.07) is 0. The van der Waals surface area contributed by atoms with Crippen molar-refractivity contribution in [2.45, 2.75) is 13.3 Å². The summed E-state index contributed by atoms with van der Waals surface area (Å²) >= 11 is 0. The second-order valence-corrected chi connectivity index (χ2v) is 2.35. The lowest BCUT2D eigenvalue weighted by Gasteiger charge is -2.16. The molecule has 0 radical (unpaired) electrons. The monoisotopic (exact) mass is 142 g/mol. The van der Waals surface area contributed by atoms with Crippen LogP contribution in [0.2, 0.25) is 0 Å². The molecule has 1 N–H and O–H groups in total. The molecule has 0 saturated heterocycles. The van der Waals surface area contributed by atoms with Gasteiger partial charge in [0.05, 0.1) is 13.2 Å². The molecular formula is C7H14N2O. The van der Waals surface area contributed by atoms with Crippen LogP contribution in [0.3, 0.4) is 0 Å². The van der Waals surface area contributed by atoms with Crippen LogP contribution in [0.5, 0.6) is 0 Å². The number of likely N-dealkylation sites (N-methyl/N-ethyl adjacent to an activating group) is 1. The first-order chi connectivity index (χ1) is 4.88. The van der Waals surface area contributed by atoms with Gasteiger partial charge in [-0.25, -0.2) is 0 Å². The van der Waals surface area contributed by atoms with Gasteiger partial charge in [-0.1, -0.05) is 0 Å². The molecule has 0 aromatic heterocycles. The Morgan fingerprint density at radius 2 is 2.50 bits per heavy atom. The molecule has 3 nitrogen and oxygen atoms in total. The van der Waals surface area contributed by atoms with Crippen LogP contribution in [0.1, 0.15) is 13.3 Å². The summed E-state index contributed by atoms with van der Waals surface area (Å²) < 4.78 is 0. The first-order valence-electron chi connectivity index (χ1n) is 3.77. The van der Waals surface area contributed by atoms with Crippen LogP contribution in [0.4, 0.5) is 0 Å². The van der Waals surface area contributed by atoms with Gasteiger partial charge in [-0.05, 0) is 6.92 Å². The fourth-order valence-electron chi connectivity index (χ4n) is 1.21. The van der Waals surface area contributed by atoms with Crippen molar-refractivity contribution in [3.05, 3.63) is 0 Å². The van der Waals surface area contributed by atoms with E-state index in [4.69, 9.17) is 5.11 Å². The SMILES string of the molecule is CCN1CCN=C1CCO. The van der Waals surface area contributed by atoms with E-state index in [9.17, 15) is 0 Å². The van der Waals surface area contributed by atoms with Crippen molar-refractivity contribution in [3.63, 3.8) is 0 Å². The van der Waals surface area contributed by atoms with E-state index in [1.54, 1.807) is 0 Å². The first kappa shape index (κ1) is 7.54. The van der Waals surface area contributed by atoms with E-state index in [2.05, 4.69) is 16.8 Å². The largest absolute Gasteiger partial charge is 0.396 e. The number of aliphatic hydroxyl groups excluding tert-OH is 1. The standard InChI is InChI=1S/C7H14N2O/c1-2-9-5-4-8-7(9)3-6-10/h10H,2-6H2,1H3. The van der Waals surface area contributed by atoms with Gasteiger partial charge in [0, 0.05) is 19.5 Å². The third-order valence-corrected chi connectivity index (χ3v) is 1.75. The predicted molar refractivity (Wildman–Crippen MR) is 41.3 cm³/mol. The third kappa shape index (κ3) is 1.48. The third-order valence-electron chi connectivity index (χ3n) is 1.75. The summed E-state index contributed by atoms with van der Waals surface area (Å²) in [6.45, 7) is 5.28. The maximum absolute atomic E-state index is 8.63. The molecule has 10 heavy (non-hydrogen) atoms. The zero-order valence-corrected chi connectivity index (χ0v) is 6.38. The molecule has 1 heterocycles. The van der Waals surface area contributed by atoms with Gasteiger partial charge in [-0.3, -0.25) is 4.99 Å². The highest BCUT2D eigenvalue weighted by Crippen LogP contribution is 2.03. The van der Waals surface area contributed by atoms with E-state index in [-0.39, 0.29) is 6.61 Å². The lowest BCUT2D eigenvalue weighted by atomic mass is 10.4. The van der Waals surface area contributed by atoms with E-state index in [1.807, 2.05) is 0 Å². The summed E-state index contributed by atoms with van der Waals surface area (Å²) in [5.41, 5.74) is 0. The van der Waals surface area contributed by atoms with E-state index >= 15 is 0 Å². The van der Waals surface area contributed by atoms with Crippen molar-refractivity contribution >= 4 is 5.84 Å². The molecule has 1 aliphatic heterocycles. The molecule has 1 aliphatic rings. The van der Waals surface area contributed by atoms with Crippen LogP contribution in [-0.4, -0.2) is 42.1 Å². The molecule has 3 heteroatoms. The van der Waals surface area contributed by atoms with Gasteiger partial charge in [0.25, 0.3) is 0 Å². The summed E-state index contributed by atoms with van der Waals surface area (Å²) in [5.74, 6) is 1.07. The lowest BCUT2D eigenvalue weighted by molar-refractivity contribution is 0.301. The Labute approximate surface area is 61.4 Å². The number of hydrogen-bond donors (Lipinski definition) is 1. The molecule has 0 aromatic rings. The molecule has 1 rings (SSSR count). The van der Waals surface area contributed by atoms with E-state index in [0.717, 1.165) is 25.5 Å². The van der Waals surface area contributed by atoms with Gasteiger partial charge >= 0.3 is 0 Å². The van der Waals surface area contributed by atoms with Crippen molar-refractivity contribution in [3.8, 4) is 0 Å². The highest BCUT2D eigenvalue weighted by atomic mass is 16.3. The van der Waals surface area contributed by atoms with Crippen molar-refractivity contribution in [2.24, 2.45) is 4.99 Å². The molecule has 0 saturated carbocycles. The highest BCUT2D eigenvalue weighted by Gasteiger charge is 2.12. The maximum atomic E-state index is 8.63. The zero-order chi connectivity index (χ0) is 7.40. The average Bonchev–Trinajstić information content (AvgIpc) is 2.36. The molecular weight excluding hydrogens is 128 g/mol. The normalized spacial score (nSPS) is 17.8. The summed E-state index contributed by atoms with van der Waals surface area (Å²) in [7, 11) is 0. The summed E-state index contributed by atoms with van der Waals surface area (Å²) in [6.07, 6.45) is 0.716. The van der Waals surface area contributed by atoms with Crippen LogP contribution < -0.4 is 0 Å². The zero-order valence-electron chi connectivity index (χ0n) is 6.38. The Morgan fingerprint density at radius 1 is 1.70 bits per heavy atom. The van der Waals surface area contributed by atoms with Crippen molar-refractivity contribution in [1.29, 1.82) is 0 Å². The molecule has 0 bridgehead atoms. The lowest BCUT2D eigenvalue weighted by Crippen LogP contribution is -2.27. The van der Waals surface area contributed by atoms with Crippen LogP contribution in [0.15, 0.2) is 4.99 Å². The minimum absolute atomic E-state index is 0.218. The molecule has 0 atom stereocenters. The van der Waals surface area contributed by atoms with Gasteiger partial charge in [-0.2, -0.15) is 0 Å². The van der Waals surface area contributed by atoms with Crippen LogP contribution in [0.25, 0.3) is 0 Å². The second-order valence-electron chi connectivity index (χ2n) is 2.35. The Balaban J connectivity index is 2.40. The minimum Gasteiger partial charge on any atom is -0.396 e. The van der Waals surface area contributed by atoms with Gasteiger partial charge in [0.2, 0.25) is 0 Å². The number of amidine groups is 1. The number of aliphatic imine (C=N–C) groups is 1.